The van der Waals surface area contributed by atoms with Gasteiger partial charge < -0.3 is 24.6 Å². The molecular formula is C24H31NO5. The molecule has 2 heterocycles. The van der Waals surface area contributed by atoms with Crippen molar-refractivity contribution in [3.63, 3.8) is 0 Å². The molecule has 1 unspecified atom stereocenters. The number of rotatable bonds is 3. The molecule has 1 aromatic rings. The van der Waals surface area contributed by atoms with Gasteiger partial charge in [0.2, 0.25) is 0 Å². The maximum atomic E-state index is 12.3. The number of aliphatic hydroxyl groups is 1. The lowest BCUT2D eigenvalue weighted by Crippen LogP contribution is -2.64. The average molecular weight is 414 g/mol. The number of carbonyl (C=O) groups is 1. The summed E-state index contributed by atoms with van der Waals surface area (Å²) in [6.45, 7) is 6.53. The van der Waals surface area contributed by atoms with Gasteiger partial charge in [0, 0.05) is 29.4 Å². The first-order valence-electron chi connectivity index (χ1n) is 10.9. The third-order valence-electron chi connectivity index (χ3n) is 7.39. The van der Waals surface area contributed by atoms with Crippen molar-refractivity contribution in [2.75, 3.05) is 13.6 Å². The number of ether oxygens (including phenoxy) is 2. The normalized spacial score (nSPS) is 33.8. The van der Waals surface area contributed by atoms with E-state index in [4.69, 9.17) is 9.47 Å². The van der Waals surface area contributed by atoms with Crippen LogP contribution in [0, 0.1) is 5.92 Å². The van der Waals surface area contributed by atoms with Gasteiger partial charge in [0.05, 0.1) is 0 Å². The van der Waals surface area contributed by atoms with Crippen molar-refractivity contribution in [3.8, 4) is 11.5 Å². The van der Waals surface area contributed by atoms with Gasteiger partial charge in [-0.05, 0) is 70.8 Å². The zero-order valence-corrected chi connectivity index (χ0v) is 18.1. The summed E-state index contributed by atoms with van der Waals surface area (Å²) >= 11 is 0. The standard InChI is InChI=1S/C24H31NO5/c1-23(2,3)30-19(28)8-5-13-11-18(27)21-20-14(13)12-16-15-6-7-17(26)22(29-21)24(15,20)9-10-25(16)4/h6-7,11,15-17,22,26-27H,5,8-10,12H2,1-4H3/t15?,16-,17+,22+,24+/m1/s1. The van der Waals surface area contributed by atoms with E-state index in [1.807, 2.05) is 26.8 Å². The summed E-state index contributed by atoms with van der Waals surface area (Å²) in [7, 11) is 2.16. The van der Waals surface area contributed by atoms with Crippen LogP contribution in [0.1, 0.15) is 50.3 Å². The van der Waals surface area contributed by atoms with Gasteiger partial charge in [-0.2, -0.15) is 0 Å². The van der Waals surface area contributed by atoms with E-state index in [9.17, 15) is 15.0 Å². The van der Waals surface area contributed by atoms with Crippen LogP contribution in [0.2, 0.25) is 0 Å². The maximum absolute atomic E-state index is 12.3. The number of phenols is 1. The number of aryl methyl sites for hydroxylation is 1. The van der Waals surface area contributed by atoms with E-state index >= 15 is 0 Å². The molecule has 2 aliphatic heterocycles. The Hall–Kier alpha value is -2.05. The molecule has 4 aliphatic rings. The number of likely N-dealkylation sites (N-methyl/N-ethyl adjacent to an activating group) is 1. The maximum Gasteiger partial charge on any atom is 0.306 e. The Balaban J connectivity index is 1.57. The molecule has 0 amide bonds. The Kier molecular flexibility index (Phi) is 4.29. The van der Waals surface area contributed by atoms with E-state index in [0.717, 1.165) is 30.5 Å². The predicted octanol–water partition coefficient (Wildman–Crippen LogP) is 2.47. The second-order valence-electron chi connectivity index (χ2n) is 10.3. The van der Waals surface area contributed by atoms with E-state index in [-0.39, 0.29) is 35.6 Å². The average Bonchev–Trinajstić information content (AvgIpc) is 3.00. The first-order valence-corrected chi connectivity index (χ1v) is 10.9. The van der Waals surface area contributed by atoms with Crippen LogP contribution in [0.4, 0.5) is 0 Å². The summed E-state index contributed by atoms with van der Waals surface area (Å²) in [5.74, 6) is 0.662. The van der Waals surface area contributed by atoms with Crippen molar-refractivity contribution in [2.24, 2.45) is 5.92 Å². The minimum Gasteiger partial charge on any atom is -0.504 e. The Morgan fingerprint density at radius 1 is 1.37 bits per heavy atom. The summed E-state index contributed by atoms with van der Waals surface area (Å²) in [5, 5.41) is 21.6. The number of hydrogen-bond donors (Lipinski definition) is 2. The van der Waals surface area contributed by atoms with Crippen LogP contribution in [0.5, 0.6) is 11.5 Å². The number of likely N-dealkylation sites (tertiary alicyclic amines) is 1. The molecule has 5 rings (SSSR count). The van der Waals surface area contributed by atoms with Crippen molar-refractivity contribution >= 4 is 5.97 Å². The van der Waals surface area contributed by atoms with Gasteiger partial charge >= 0.3 is 5.97 Å². The van der Waals surface area contributed by atoms with E-state index in [1.165, 1.54) is 5.56 Å². The van der Waals surface area contributed by atoms with Crippen LogP contribution in [0.3, 0.4) is 0 Å². The summed E-state index contributed by atoms with van der Waals surface area (Å²) in [5.41, 5.74) is 2.42. The first-order chi connectivity index (χ1) is 14.1. The molecule has 6 nitrogen and oxygen atoms in total. The SMILES string of the molecule is CN1CC[C@]23c4c5c(CCC(=O)OC(C)(C)C)cc(O)c4O[C@H]2[C@@H](O)C=CC3[C@H]1C5. The monoisotopic (exact) mass is 413 g/mol. The number of carbonyl (C=O) groups excluding carboxylic acids is 1. The molecule has 5 atom stereocenters. The highest BCUT2D eigenvalue weighted by molar-refractivity contribution is 5.71. The number of hydrogen-bond acceptors (Lipinski definition) is 6. The van der Waals surface area contributed by atoms with Crippen LogP contribution >= 0.6 is 0 Å². The lowest BCUT2D eigenvalue weighted by Gasteiger charge is -2.56. The molecule has 2 aliphatic carbocycles. The van der Waals surface area contributed by atoms with E-state index in [0.29, 0.717) is 18.2 Å². The third kappa shape index (κ3) is 2.73. The molecule has 162 valence electrons. The molecule has 2 bridgehead atoms. The molecule has 1 fully saturated rings. The highest BCUT2D eigenvalue weighted by atomic mass is 16.6. The zero-order chi connectivity index (χ0) is 21.4. The smallest absolute Gasteiger partial charge is 0.306 e. The second-order valence-corrected chi connectivity index (χ2v) is 10.3. The zero-order valence-electron chi connectivity index (χ0n) is 18.1. The number of nitrogens with zero attached hydrogens (tertiary/aromatic N) is 1. The minimum absolute atomic E-state index is 0.111. The fraction of sp³-hybridized carbons (Fsp3) is 0.625. The lowest BCUT2D eigenvalue weighted by molar-refractivity contribution is -0.154. The number of piperidine rings is 1. The largest absolute Gasteiger partial charge is 0.504 e. The fourth-order valence-corrected chi connectivity index (χ4v) is 6.25. The van der Waals surface area contributed by atoms with Crippen molar-refractivity contribution in [2.45, 2.75) is 75.7 Å². The lowest BCUT2D eigenvalue weighted by atomic mass is 9.53. The van der Waals surface area contributed by atoms with Gasteiger partial charge in [-0.25, -0.2) is 0 Å². The van der Waals surface area contributed by atoms with Crippen molar-refractivity contribution in [3.05, 3.63) is 34.9 Å². The topological polar surface area (TPSA) is 79.2 Å². The number of aromatic hydroxyl groups is 1. The van der Waals surface area contributed by atoms with Crippen LogP contribution in [0.15, 0.2) is 18.2 Å². The van der Waals surface area contributed by atoms with Crippen molar-refractivity contribution in [1.29, 1.82) is 0 Å². The highest BCUT2D eigenvalue weighted by Gasteiger charge is 2.64. The molecule has 6 heteroatoms. The van der Waals surface area contributed by atoms with Gasteiger partial charge in [-0.1, -0.05) is 12.2 Å². The molecule has 0 aromatic heterocycles. The van der Waals surface area contributed by atoms with E-state index in [1.54, 1.807) is 6.07 Å². The van der Waals surface area contributed by atoms with Crippen LogP contribution in [-0.2, 0) is 27.8 Å². The predicted molar refractivity (Wildman–Crippen MR) is 112 cm³/mol. The first kappa shape index (κ1) is 19.9. The summed E-state index contributed by atoms with van der Waals surface area (Å²) in [6, 6.07) is 2.07. The molecule has 30 heavy (non-hydrogen) atoms. The summed E-state index contributed by atoms with van der Waals surface area (Å²) in [6.07, 6.45) is 5.48. The summed E-state index contributed by atoms with van der Waals surface area (Å²) in [4.78, 5) is 14.7. The molecular weight excluding hydrogens is 382 g/mol. The number of phenolic OH excluding ortho intramolecular Hbond substituents is 1. The molecule has 1 aromatic carbocycles. The quantitative estimate of drug-likeness (QED) is 0.586. The van der Waals surface area contributed by atoms with Crippen molar-refractivity contribution in [1.82, 2.24) is 4.90 Å². The van der Waals surface area contributed by atoms with Gasteiger partial charge in [0.15, 0.2) is 11.5 Å². The molecule has 1 saturated heterocycles. The molecule has 0 radical (unpaired) electrons. The Morgan fingerprint density at radius 3 is 2.87 bits per heavy atom. The van der Waals surface area contributed by atoms with Crippen LogP contribution in [-0.4, -0.2) is 58.5 Å². The Morgan fingerprint density at radius 2 is 2.13 bits per heavy atom. The van der Waals surface area contributed by atoms with Gasteiger partial charge in [-0.15, -0.1) is 0 Å². The van der Waals surface area contributed by atoms with Gasteiger partial charge in [0.1, 0.15) is 17.8 Å². The van der Waals surface area contributed by atoms with Crippen LogP contribution < -0.4 is 4.74 Å². The van der Waals surface area contributed by atoms with E-state index in [2.05, 4.69) is 18.0 Å². The second kappa shape index (κ2) is 6.47. The highest BCUT2D eigenvalue weighted by Crippen LogP contribution is 2.63. The Labute approximate surface area is 177 Å². The molecule has 2 N–H and O–H groups in total. The van der Waals surface area contributed by atoms with Crippen molar-refractivity contribution < 1.29 is 24.5 Å². The number of benzene rings is 1. The molecule has 1 spiro atoms. The van der Waals surface area contributed by atoms with Crippen LogP contribution in [0.25, 0.3) is 0 Å². The van der Waals surface area contributed by atoms with Gasteiger partial charge in [0.25, 0.3) is 0 Å². The summed E-state index contributed by atoms with van der Waals surface area (Å²) < 4.78 is 11.7. The Bertz CT molecular complexity index is 933. The number of aliphatic hydroxyl groups excluding tert-OH is 1. The third-order valence-corrected chi connectivity index (χ3v) is 7.39. The van der Waals surface area contributed by atoms with Gasteiger partial charge in [-0.3, -0.25) is 4.79 Å². The van der Waals surface area contributed by atoms with E-state index < -0.39 is 11.7 Å². The minimum atomic E-state index is -0.687. The fourth-order valence-electron chi connectivity index (χ4n) is 6.25. The number of esters is 1. The molecule has 0 saturated carbocycles.